The summed E-state index contributed by atoms with van der Waals surface area (Å²) in [7, 11) is 1.27. The lowest BCUT2D eigenvalue weighted by Gasteiger charge is -2.13. The predicted octanol–water partition coefficient (Wildman–Crippen LogP) is 2.57. The van der Waals surface area contributed by atoms with Gasteiger partial charge in [-0.1, -0.05) is 22.0 Å². The second kappa shape index (κ2) is 6.83. The third-order valence-corrected chi connectivity index (χ3v) is 2.68. The number of esters is 1. The summed E-state index contributed by atoms with van der Waals surface area (Å²) in [6.45, 7) is 0. The van der Waals surface area contributed by atoms with Crippen LogP contribution in [0.15, 0.2) is 22.7 Å². The highest BCUT2D eigenvalue weighted by Crippen LogP contribution is 2.26. The van der Waals surface area contributed by atoms with E-state index < -0.39 is 17.8 Å². The average Bonchev–Trinajstić information content (AvgIpc) is 2.17. The van der Waals surface area contributed by atoms with Gasteiger partial charge in [-0.3, -0.25) is 4.79 Å². The number of hydrogen-bond donors (Lipinski definition) is 1. The van der Waals surface area contributed by atoms with Crippen molar-refractivity contribution in [2.45, 2.75) is 12.5 Å². The molecule has 0 saturated heterocycles. The van der Waals surface area contributed by atoms with Crippen molar-refractivity contribution in [2.24, 2.45) is 5.73 Å². The minimum absolute atomic E-state index is 0. The topological polar surface area (TPSA) is 52.3 Å². The third-order valence-electron chi connectivity index (χ3n) is 1.98. The molecule has 0 aliphatic carbocycles. The molecule has 0 bridgehead atoms. The molecule has 0 aromatic heterocycles. The van der Waals surface area contributed by atoms with E-state index in [-0.39, 0.29) is 18.8 Å². The third kappa shape index (κ3) is 3.73. The molecule has 16 heavy (non-hydrogen) atoms. The molecule has 0 unspecified atom stereocenters. The SMILES string of the molecule is COC(=O)C[C@@H](N)c1c(F)cccc1Br.Cl. The molecule has 6 heteroatoms. The molecule has 1 aromatic rings. The summed E-state index contributed by atoms with van der Waals surface area (Å²) >= 11 is 3.19. The monoisotopic (exact) mass is 311 g/mol. The average molecular weight is 313 g/mol. The van der Waals surface area contributed by atoms with E-state index in [0.717, 1.165) is 0 Å². The number of methoxy groups -OCH3 is 1. The molecule has 0 spiro atoms. The van der Waals surface area contributed by atoms with Crippen molar-refractivity contribution in [1.82, 2.24) is 0 Å². The van der Waals surface area contributed by atoms with Crippen molar-refractivity contribution < 1.29 is 13.9 Å². The van der Waals surface area contributed by atoms with Crippen molar-refractivity contribution in [3.05, 3.63) is 34.1 Å². The first-order valence-corrected chi connectivity index (χ1v) is 5.12. The van der Waals surface area contributed by atoms with Gasteiger partial charge in [-0.05, 0) is 12.1 Å². The zero-order chi connectivity index (χ0) is 11.4. The quantitative estimate of drug-likeness (QED) is 0.873. The molecule has 1 aromatic carbocycles. The zero-order valence-corrected chi connectivity index (χ0v) is 11.0. The van der Waals surface area contributed by atoms with Crippen molar-refractivity contribution >= 4 is 34.3 Å². The molecule has 0 amide bonds. The minimum Gasteiger partial charge on any atom is -0.469 e. The van der Waals surface area contributed by atoms with Crippen LogP contribution in [0.2, 0.25) is 0 Å². The Morgan fingerprint density at radius 1 is 1.62 bits per heavy atom. The molecule has 3 nitrogen and oxygen atoms in total. The number of rotatable bonds is 3. The summed E-state index contributed by atoms with van der Waals surface area (Å²) in [6, 6.07) is 3.84. The van der Waals surface area contributed by atoms with Gasteiger partial charge in [0.05, 0.1) is 13.5 Å². The Bertz CT molecular complexity index is 356. The Kier molecular flexibility index (Phi) is 6.55. The van der Waals surface area contributed by atoms with Crippen molar-refractivity contribution in [3.8, 4) is 0 Å². The highest BCUT2D eigenvalue weighted by molar-refractivity contribution is 9.10. The molecule has 0 fully saturated rings. The van der Waals surface area contributed by atoms with Crippen LogP contribution < -0.4 is 5.73 Å². The van der Waals surface area contributed by atoms with Crippen LogP contribution in [0.3, 0.4) is 0 Å². The number of carbonyl (C=O) groups excluding carboxylic acids is 1. The number of hydrogen-bond acceptors (Lipinski definition) is 3. The molecule has 90 valence electrons. The molecule has 1 atom stereocenters. The summed E-state index contributed by atoms with van der Waals surface area (Å²) in [5.74, 6) is -0.890. The molecule has 0 radical (unpaired) electrons. The lowest BCUT2D eigenvalue weighted by atomic mass is 10.0. The summed E-state index contributed by atoms with van der Waals surface area (Å²) in [4.78, 5) is 11.0. The fraction of sp³-hybridized carbons (Fsp3) is 0.300. The van der Waals surface area contributed by atoms with E-state index in [1.54, 1.807) is 12.1 Å². The highest BCUT2D eigenvalue weighted by Gasteiger charge is 2.18. The fourth-order valence-corrected chi connectivity index (χ4v) is 1.87. The fourth-order valence-electron chi connectivity index (χ4n) is 1.23. The van der Waals surface area contributed by atoms with Crippen LogP contribution in [-0.2, 0) is 9.53 Å². The lowest BCUT2D eigenvalue weighted by molar-refractivity contribution is -0.141. The first-order valence-electron chi connectivity index (χ1n) is 4.32. The normalized spacial score (nSPS) is 11.5. The number of nitrogens with two attached hydrogens (primary N) is 1. The van der Waals surface area contributed by atoms with Crippen molar-refractivity contribution in [1.29, 1.82) is 0 Å². The molecular weight excluding hydrogens is 300 g/mol. The van der Waals surface area contributed by atoms with Gasteiger partial charge in [0.1, 0.15) is 5.82 Å². The van der Waals surface area contributed by atoms with Crippen LogP contribution in [-0.4, -0.2) is 13.1 Å². The number of benzene rings is 1. The second-order valence-electron chi connectivity index (χ2n) is 3.02. The summed E-state index contributed by atoms with van der Waals surface area (Å²) in [5.41, 5.74) is 6.00. The maximum atomic E-state index is 13.4. The Morgan fingerprint density at radius 3 is 2.75 bits per heavy atom. The Hall–Kier alpha value is -0.650. The van der Waals surface area contributed by atoms with Crippen LogP contribution in [0.25, 0.3) is 0 Å². The van der Waals surface area contributed by atoms with E-state index in [4.69, 9.17) is 5.73 Å². The van der Waals surface area contributed by atoms with Gasteiger partial charge in [0, 0.05) is 16.1 Å². The number of carbonyl (C=O) groups is 1. The maximum absolute atomic E-state index is 13.4. The highest BCUT2D eigenvalue weighted by atomic mass is 79.9. The summed E-state index contributed by atoms with van der Waals surface area (Å²) in [6.07, 6.45) is -0.0456. The van der Waals surface area contributed by atoms with Crippen LogP contribution in [0.5, 0.6) is 0 Å². The molecule has 2 N–H and O–H groups in total. The lowest BCUT2D eigenvalue weighted by Crippen LogP contribution is -2.18. The second-order valence-corrected chi connectivity index (χ2v) is 3.88. The van der Waals surface area contributed by atoms with Gasteiger partial charge in [0.2, 0.25) is 0 Å². The van der Waals surface area contributed by atoms with E-state index in [9.17, 15) is 9.18 Å². The Labute approximate surface area is 108 Å². The summed E-state index contributed by atoms with van der Waals surface area (Å²) < 4.78 is 18.4. The zero-order valence-electron chi connectivity index (χ0n) is 8.57. The first-order chi connectivity index (χ1) is 7.06. The molecule has 0 aliphatic heterocycles. The molecule has 0 heterocycles. The van der Waals surface area contributed by atoms with Gasteiger partial charge < -0.3 is 10.5 Å². The molecule has 0 aliphatic rings. The van der Waals surface area contributed by atoms with Gasteiger partial charge in [0.15, 0.2) is 0 Å². The van der Waals surface area contributed by atoms with Crippen LogP contribution in [0.1, 0.15) is 18.0 Å². The van der Waals surface area contributed by atoms with E-state index >= 15 is 0 Å². The van der Waals surface area contributed by atoms with E-state index in [0.29, 0.717) is 10.0 Å². The number of ether oxygens (including phenoxy) is 1. The van der Waals surface area contributed by atoms with Crippen molar-refractivity contribution in [2.75, 3.05) is 7.11 Å². The van der Waals surface area contributed by atoms with Crippen molar-refractivity contribution in [3.63, 3.8) is 0 Å². The maximum Gasteiger partial charge on any atom is 0.307 e. The van der Waals surface area contributed by atoms with Gasteiger partial charge in [-0.25, -0.2) is 4.39 Å². The number of halogens is 3. The van der Waals surface area contributed by atoms with Crippen LogP contribution in [0, 0.1) is 5.82 Å². The predicted molar refractivity (Wildman–Crippen MR) is 64.9 cm³/mol. The first kappa shape index (κ1) is 15.3. The van der Waals surface area contributed by atoms with Gasteiger partial charge in [-0.15, -0.1) is 12.4 Å². The largest absolute Gasteiger partial charge is 0.469 e. The van der Waals surface area contributed by atoms with Gasteiger partial charge in [0.25, 0.3) is 0 Å². The Morgan fingerprint density at radius 2 is 2.25 bits per heavy atom. The van der Waals surface area contributed by atoms with E-state index in [2.05, 4.69) is 20.7 Å². The van der Waals surface area contributed by atoms with Crippen LogP contribution >= 0.6 is 28.3 Å². The van der Waals surface area contributed by atoms with E-state index in [1.807, 2.05) is 0 Å². The summed E-state index contributed by atoms with van der Waals surface area (Å²) in [5, 5.41) is 0. The van der Waals surface area contributed by atoms with Crippen LogP contribution in [0.4, 0.5) is 4.39 Å². The smallest absolute Gasteiger partial charge is 0.307 e. The molecular formula is C10H12BrClFNO2. The standard InChI is InChI=1S/C10H11BrFNO2.ClH/c1-15-9(14)5-8(13)10-6(11)3-2-4-7(10)12;/h2-4,8H,5,13H2,1H3;1H/t8-;/m1./s1. The minimum atomic E-state index is -0.701. The Balaban J connectivity index is 0.00000225. The molecule has 1 rings (SSSR count). The molecule has 0 saturated carbocycles. The van der Waals surface area contributed by atoms with Gasteiger partial charge >= 0.3 is 5.97 Å². The van der Waals surface area contributed by atoms with Gasteiger partial charge in [-0.2, -0.15) is 0 Å². The van der Waals surface area contributed by atoms with E-state index in [1.165, 1.54) is 13.2 Å².